The Labute approximate surface area is 80.9 Å². The summed E-state index contributed by atoms with van der Waals surface area (Å²) in [6, 6.07) is 0. The Morgan fingerprint density at radius 2 is 1.79 bits per heavy atom. The lowest BCUT2D eigenvalue weighted by Gasteiger charge is -2.28. The standard InChI is InChI=1S/C7H12F2N2O2S/c8-7(9,6(10)11)5-1-3-14(12,13)4-2-5/h5H,1-4H2,(H3,10,11). The van der Waals surface area contributed by atoms with Crippen molar-refractivity contribution in [1.29, 1.82) is 5.41 Å². The molecule has 0 aromatic carbocycles. The van der Waals surface area contributed by atoms with Crippen LogP contribution in [-0.4, -0.2) is 31.7 Å². The van der Waals surface area contributed by atoms with E-state index in [-0.39, 0.29) is 24.3 Å². The Hall–Kier alpha value is -0.720. The number of hydrogen-bond donors (Lipinski definition) is 2. The summed E-state index contributed by atoms with van der Waals surface area (Å²) in [6.07, 6.45) is -0.232. The van der Waals surface area contributed by atoms with Crippen molar-refractivity contribution in [2.24, 2.45) is 11.7 Å². The molecule has 1 fully saturated rings. The fraction of sp³-hybridized carbons (Fsp3) is 0.857. The van der Waals surface area contributed by atoms with E-state index >= 15 is 0 Å². The van der Waals surface area contributed by atoms with Gasteiger partial charge in [0, 0.05) is 5.92 Å². The van der Waals surface area contributed by atoms with Crippen LogP contribution < -0.4 is 5.73 Å². The summed E-state index contributed by atoms with van der Waals surface area (Å²) in [5, 5.41) is 6.71. The monoisotopic (exact) mass is 226 g/mol. The van der Waals surface area contributed by atoms with Crippen molar-refractivity contribution >= 4 is 15.7 Å². The Morgan fingerprint density at radius 1 is 1.36 bits per heavy atom. The van der Waals surface area contributed by atoms with Crippen molar-refractivity contribution in [1.82, 2.24) is 0 Å². The predicted molar refractivity (Wildman–Crippen MR) is 48.2 cm³/mol. The molecule has 0 atom stereocenters. The van der Waals surface area contributed by atoms with Crippen molar-refractivity contribution in [2.45, 2.75) is 18.8 Å². The molecular formula is C7H12F2N2O2S. The molecule has 0 radical (unpaired) electrons. The number of amidine groups is 1. The fourth-order valence-electron chi connectivity index (χ4n) is 1.47. The van der Waals surface area contributed by atoms with Crippen LogP contribution in [0, 0.1) is 11.3 Å². The normalized spacial score (nSPS) is 23.3. The SMILES string of the molecule is N=C(N)C(F)(F)C1CCS(=O)(=O)CC1. The summed E-state index contributed by atoms with van der Waals surface area (Å²) in [4.78, 5) is 0. The minimum atomic E-state index is -3.37. The second kappa shape index (κ2) is 3.45. The molecule has 82 valence electrons. The summed E-state index contributed by atoms with van der Waals surface area (Å²) in [5.74, 6) is -6.12. The van der Waals surface area contributed by atoms with Gasteiger partial charge in [0.1, 0.15) is 9.84 Å². The van der Waals surface area contributed by atoms with E-state index < -0.39 is 27.5 Å². The molecule has 1 heterocycles. The van der Waals surface area contributed by atoms with Crippen LogP contribution in [0.5, 0.6) is 0 Å². The second-order valence-electron chi connectivity index (χ2n) is 3.46. The summed E-state index contributed by atoms with van der Waals surface area (Å²) in [5.41, 5.74) is 4.75. The van der Waals surface area contributed by atoms with E-state index in [0.717, 1.165) is 0 Å². The van der Waals surface area contributed by atoms with E-state index in [9.17, 15) is 17.2 Å². The van der Waals surface area contributed by atoms with Gasteiger partial charge in [-0.25, -0.2) is 8.42 Å². The number of sulfone groups is 1. The Kier molecular flexibility index (Phi) is 2.80. The third kappa shape index (κ3) is 2.20. The Morgan fingerprint density at radius 3 is 2.14 bits per heavy atom. The van der Waals surface area contributed by atoms with Crippen molar-refractivity contribution < 1.29 is 17.2 Å². The van der Waals surface area contributed by atoms with Gasteiger partial charge in [-0.2, -0.15) is 8.78 Å². The molecule has 0 bridgehead atoms. The highest BCUT2D eigenvalue weighted by Gasteiger charge is 2.45. The predicted octanol–water partition coefficient (Wildman–Crippen LogP) is 0.382. The molecule has 3 N–H and O–H groups in total. The lowest BCUT2D eigenvalue weighted by molar-refractivity contribution is 0.00570. The molecule has 4 nitrogen and oxygen atoms in total. The van der Waals surface area contributed by atoms with Crippen molar-refractivity contribution in [3.05, 3.63) is 0 Å². The van der Waals surface area contributed by atoms with Crippen molar-refractivity contribution in [2.75, 3.05) is 11.5 Å². The van der Waals surface area contributed by atoms with Gasteiger partial charge in [0.15, 0.2) is 5.84 Å². The first-order chi connectivity index (χ1) is 6.26. The van der Waals surface area contributed by atoms with E-state index in [2.05, 4.69) is 0 Å². The molecule has 1 aliphatic heterocycles. The van der Waals surface area contributed by atoms with Crippen LogP contribution in [0.4, 0.5) is 8.78 Å². The molecule has 14 heavy (non-hydrogen) atoms. The van der Waals surface area contributed by atoms with Crippen molar-refractivity contribution in [3.63, 3.8) is 0 Å². The number of hydrogen-bond acceptors (Lipinski definition) is 3. The van der Waals surface area contributed by atoms with Crippen LogP contribution in [0.1, 0.15) is 12.8 Å². The van der Waals surface area contributed by atoms with E-state index in [1.54, 1.807) is 0 Å². The third-order valence-electron chi connectivity index (χ3n) is 2.43. The first-order valence-corrected chi connectivity index (χ1v) is 6.00. The van der Waals surface area contributed by atoms with Gasteiger partial charge in [-0.3, -0.25) is 5.41 Å². The Bertz CT molecular complexity index is 326. The summed E-state index contributed by atoms with van der Waals surface area (Å²) >= 11 is 0. The minimum absolute atomic E-state index is 0.116. The first-order valence-electron chi connectivity index (χ1n) is 4.18. The summed E-state index contributed by atoms with van der Waals surface area (Å²) in [7, 11) is -3.15. The zero-order valence-electron chi connectivity index (χ0n) is 7.46. The number of halogens is 2. The van der Waals surface area contributed by atoms with E-state index in [1.807, 2.05) is 0 Å². The highest BCUT2D eigenvalue weighted by atomic mass is 32.2. The van der Waals surface area contributed by atoms with Gasteiger partial charge in [-0.1, -0.05) is 0 Å². The quantitative estimate of drug-likeness (QED) is 0.527. The number of nitrogens with one attached hydrogen (secondary N) is 1. The molecule has 1 aliphatic rings. The zero-order valence-corrected chi connectivity index (χ0v) is 8.28. The van der Waals surface area contributed by atoms with Crippen LogP contribution in [0.25, 0.3) is 0 Å². The molecule has 0 aliphatic carbocycles. The van der Waals surface area contributed by atoms with Crippen LogP contribution in [0.15, 0.2) is 0 Å². The zero-order chi connectivity index (χ0) is 11.0. The smallest absolute Gasteiger partial charge is 0.306 e. The maximum absolute atomic E-state index is 13.1. The Balaban J connectivity index is 2.71. The first kappa shape index (κ1) is 11.4. The van der Waals surface area contributed by atoms with Gasteiger partial charge in [-0.05, 0) is 12.8 Å². The molecule has 1 saturated heterocycles. The van der Waals surface area contributed by atoms with E-state index in [4.69, 9.17) is 11.1 Å². The maximum Gasteiger partial charge on any atom is 0.306 e. The molecule has 0 spiro atoms. The molecule has 0 saturated carbocycles. The van der Waals surface area contributed by atoms with Gasteiger partial charge in [0.05, 0.1) is 11.5 Å². The largest absolute Gasteiger partial charge is 0.383 e. The maximum atomic E-state index is 13.1. The van der Waals surface area contributed by atoms with Gasteiger partial charge in [-0.15, -0.1) is 0 Å². The lowest BCUT2D eigenvalue weighted by Crippen LogP contribution is -2.45. The molecule has 0 aromatic heterocycles. The van der Waals surface area contributed by atoms with Gasteiger partial charge >= 0.3 is 5.92 Å². The van der Waals surface area contributed by atoms with Crippen LogP contribution in [0.3, 0.4) is 0 Å². The highest BCUT2D eigenvalue weighted by Crippen LogP contribution is 2.33. The fourth-order valence-corrected chi connectivity index (χ4v) is 2.96. The topological polar surface area (TPSA) is 84.0 Å². The van der Waals surface area contributed by atoms with Gasteiger partial charge < -0.3 is 5.73 Å². The molecule has 0 amide bonds. The van der Waals surface area contributed by atoms with E-state index in [0.29, 0.717) is 0 Å². The second-order valence-corrected chi connectivity index (χ2v) is 5.77. The summed E-state index contributed by atoms with van der Waals surface area (Å²) in [6.45, 7) is 0. The van der Waals surface area contributed by atoms with Crippen LogP contribution >= 0.6 is 0 Å². The summed E-state index contributed by atoms with van der Waals surface area (Å²) < 4.78 is 48.2. The average Bonchev–Trinajstić information content (AvgIpc) is 2.03. The highest BCUT2D eigenvalue weighted by molar-refractivity contribution is 7.91. The number of nitrogens with two attached hydrogens (primary N) is 1. The van der Waals surface area contributed by atoms with E-state index in [1.165, 1.54) is 0 Å². The van der Waals surface area contributed by atoms with Gasteiger partial charge in [0.25, 0.3) is 0 Å². The van der Waals surface area contributed by atoms with Gasteiger partial charge in [0.2, 0.25) is 0 Å². The number of alkyl halides is 2. The molecule has 1 rings (SSSR count). The van der Waals surface area contributed by atoms with Crippen LogP contribution in [-0.2, 0) is 9.84 Å². The lowest BCUT2D eigenvalue weighted by atomic mass is 9.94. The number of rotatable bonds is 2. The minimum Gasteiger partial charge on any atom is -0.383 e. The molecule has 0 aromatic rings. The molecule has 7 heteroatoms. The average molecular weight is 226 g/mol. The molecule has 0 unspecified atom stereocenters. The van der Waals surface area contributed by atoms with Crippen molar-refractivity contribution in [3.8, 4) is 0 Å². The third-order valence-corrected chi connectivity index (χ3v) is 4.14. The molecular weight excluding hydrogens is 214 g/mol. The van der Waals surface area contributed by atoms with Crippen LogP contribution in [0.2, 0.25) is 0 Å².